The van der Waals surface area contributed by atoms with Gasteiger partial charge in [0.15, 0.2) is 0 Å². The minimum Gasteiger partial charge on any atom is -0.457 e. The van der Waals surface area contributed by atoms with Gasteiger partial charge < -0.3 is 9.15 Å². The van der Waals surface area contributed by atoms with Gasteiger partial charge >= 0.3 is 5.97 Å². The number of hydrogen-bond donors (Lipinski definition) is 0. The molecule has 3 aliphatic rings. The van der Waals surface area contributed by atoms with Gasteiger partial charge in [0.25, 0.3) is 0 Å². The Morgan fingerprint density at radius 1 is 1.04 bits per heavy atom. The molecular weight excluding hydrogens is 334 g/mol. The molecule has 2 aliphatic carbocycles. The molecule has 130 valence electrons. The number of furan rings is 1. The van der Waals surface area contributed by atoms with Crippen LogP contribution < -0.4 is 9.64 Å². The summed E-state index contributed by atoms with van der Waals surface area (Å²) >= 11 is 0. The summed E-state index contributed by atoms with van der Waals surface area (Å²) in [6.07, 6.45) is 6.39. The third kappa shape index (κ3) is 2.08. The molecule has 0 N–H and O–H groups in total. The van der Waals surface area contributed by atoms with Crippen LogP contribution in [-0.2, 0) is 9.59 Å². The topological polar surface area (TPSA) is 76.8 Å². The number of benzene rings is 1. The van der Waals surface area contributed by atoms with Crippen molar-refractivity contribution in [2.75, 3.05) is 4.90 Å². The Labute approximate surface area is 149 Å². The van der Waals surface area contributed by atoms with E-state index in [1.807, 2.05) is 0 Å². The van der Waals surface area contributed by atoms with E-state index in [9.17, 15) is 14.4 Å². The fourth-order valence-corrected chi connectivity index (χ4v) is 4.39. The molecular formula is C20H15NO5. The number of carbonyl (C=O) groups excluding carboxylic acids is 3. The van der Waals surface area contributed by atoms with E-state index in [-0.39, 0.29) is 47.0 Å². The van der Waals surface area contributed by atoms with Gasteiger partial charge in [0.2, 0.25) is 17.6 Å². The summed E-state index contributed by atoms with van der Waals surface area (Å²) in [5, 5.41) is 0. The van der Waals surface area contributed by atoms with Crippen molar-refractivity contribution >= 4 is 23.5 Å². The molecule has 1 saturated heterocycles. The van der Waals surface area contributed by atoms with Crippen molar-refractivity contribution < 1.29 is 23.5 Å². The van der Waals surface area contributed by atoms with Crippen LogP contribution in [0.25, 0.3) is 0 Å². The van der Waals surface area contributed by atoms with Gasteiger partial charge in [-0.1, -0.05) is 18.2 Å². The minimum atomic E-state index is -0.634. The maximum absolute atomic E-state index is 12.9. The highest BCUT2D eigenvalue weighted by molar-refractivity contribution is 6.22. The molecule has 0 radical (unpaired) electrons. The van der Waals surface area contributed by atoms with E-state index in [0.29, 0.717) is 5.69 Å². The van der Waals surface area contributed by atoms with E-state index >= 15 is 0 Å². The zero-order chi connectivity index (χ0) is 17.8. The standard InChI is InChI=1S/C20H15NO5/c22-18-16-11-6-7-12(9-11)17(16)19(23)21(18)13-3-1-4-14(10-13)26-20(24)15-5-2-8-25-15/h1-8,10-12,16-17H,9H2. The number of esters is 1. The van der Waals surface area contributed by atoms with Crippen molar-refractivity contribution in [1.82, 2.24) is 0 Å². The Morgan fingerprint density at radius 3 is 2.42 bits per heavy atom. The molecule has 2 amide bonds. The fraction of sp³-hybridized carbons (Fsp3) is 0.250. The number of allylic oxidation sites excluding steroid dienone is 2. The number of carbonyl (C=O) groups is 3. The molecule has 2 aromatic rings. The van der Waals surface area contributed by atoms with Crippen LogP contribution in [-0.4, -0.2) is 17.8 Å². The highest BCUT2D eigenvalue weighted by Crippen LogP contribution is 2.53. The third-order valence-electron chi connectivity index (χ3n) is 5.48. The van der Waals surface area contributed by atoms with E-state index in [0.717, 1.165) is 6.42 Å². The van der Waals surface area contributed by atoms with E-state index in [2.05, 4.69) is 12.2 Å². The summed E-state index contributed by atoms with van der Waals surface area (Å²) in [4.78, 5) is 39.0. The number of amides is 2. The van der Waals surface area contributed by atoms with Crippen LogP contribution in [0.4, 0.5) is 5.69 Å². The second kappa shape index (κ2) is 5.42. The first-order chi connectivity index (χ1) is 12.6. The predicted molar refractivity (Wildman–Crippen MR) is 90.3 cm³/mol. The van der Waals surface area contributed by atoms with E-state index in [1.165, 1.54) is 23.3 Å². The molecule has 1 aliphatic heterocycles. The Kier molecular flexibility index (Phi) is 3.16. The first kappa shape index (κ1) is 15.1. The van der Waals surface area contributed by atoms with Crippen molar-refractivity contribution in [1.29, 1.82) is 0 Å². The molecule has 5 rings (SSSR count). The molecule has 0 spiro atoms. The van der Waals surface area contributed by atoms with Crippen LogP contribution >= 0.6 is 0 Å². The number of ether oxygens (including phenoxy) is 1. The molecule has 4 atom stereocenters. The molecule has 6 nitrogen and oxygen atoms in total. The minimum absolute atomic E-state index is 0.0842. The average Bonchev–Trinajstić information content (AvgIpc) is 3.39. The number of fused-ring (bicyclic) bond motifs is 5. The molecule has 1 aromatic carbocycles. The second-order valence-electron chi connectivity index (χ2n) is 6.88. The number of nitrogens with zero attached hydrogens (tertiary/aromatic N) is 1. The van der Waals surface area contributed by atoms with Gasteiger partial charge in [0.05, 0.1) is 23.8 Å². The van der Waals surface area contributed by atoms with Crippen molar-refractivity contribution in [2.24, 2.45) is 23.7 Å². The largest absolute Gasteiger partial charge is 0.457 e. The number of hydrogen-bond acceptors (Lipinski definition) is 5. The lowest BCUT2D eigenvalue weighted by atomic mass is 9.85. The van der Waals surface area contributed by atoms with Crippen LogP contribution in [0.15, 0.2) is 59.2 Å². The zero-order valence-corrected chi connectivity index (χ0v) is 13.7. The van der Waals surface area contributed by atoms with E-state index < -0.39 is 5.97 Å². The Hall–Kier alpha value is -3.15. The van der Waals surface area contributed by atoms with Gasteiger partial charge in [0, 0.05) is 6.07 Å². The first-order valence-electron chi connectivity index (χ1n) is 8.55. The Balaban J connectivity index is 1.42. The van der Waals surface area contributed by atoms with Crippen molar-refractivity contribution in [3.8, 4) is 5.75 Å². The normalized spacial score (nSPS) is 28.7. The zero-order valence-electron chi connectivity index (χ0n) is 13.7. The first-order valence-corrected chi connectivity index (χ1v) is 8.55. The quantitative estimate of drug-likeness (QED) is 0.369. The molecule has 1 saturated carbocycles. The van der Waals surface area contributed by atoms with Crippen molar-refractivity contribution in [3.63, 3.8) is 0 Å². The Bertz CT molecular complexity index is 915. The molecule has 2 bridgehead atoms. The van der Waals surface area contributed by atoms with Crippen molar-refractivity contribution in [2.45, 2.75) is 6.42 Å². The number of imide groups is 1. The van der Waals surface area contributed by atoms with Gasteiger partial charge in [-0.15, -0.1) is 0 Å². The monoisotopic (exact) mass is 349 g/mol. The van der Waals surface area contributed by atoms with E-state index in [1.54, 1.807) is 24.3 Å². The summed E-state index contributed by atoms with van der Waals surface area (Å²) < 4.78 is 10.3. The van der Waals surface area contributed by atoms with Crippen LogP contribution in [0.5, 0.6) is 5.75 Å². The lowest BCUT2D eigenvalue weighted by Crippen LogP contribution is -2.32. The molecule has 2 fully saturated rings. The SMILES string of the molecule is O=C(Oc1cccc(N2C(=O)C3C4C=CC(C4)C3C2=O)c1)c1ccco1. The predicted octanol–water partition coefficient (Wildman–Crippen LogP) is 2.81. The molecule has 4 unspecified atom stereocenters. The van der Waals surface area contributed by atoms with Gasteiger partial charge in [-0.3, -0.25) is 9.59 Å². The molecule has 1 aromatic heterocycles. The van der Waals surface area contributed by atoms with Crippen LogP contribution in [0.2, 0.25) is 0 Å². The fourth-order valence-electron chi connectivity index (χ4n) is 4.39. The maximum Gasteiger partial charge on any atom is 0.379 e. The number of rotatable bonds is 3. The summed E-state index contributed by atoms with van der Waals surface area (Å²) in [7, 11) is 0. The van der Waals surface area contributed by atoms with Crippen molar-refractivity contribution in [3.05, 3.63) is 60.6 Å². The van der Waals surface area contributed by atoms with Gasteiger partial charge in [-0.2, -0.15) is 0 Å². The highest BCUT2D eigenvalue weighted by Gasteiger charge is 2.59. The number of anilines is 1. The molecule has 26 heavy (non-hydrogen) atoms. The highest BCUT2D eigenvalue weighted by atomic mass is 16.5. The molecule has 6 heteroatoms. The van der Waals surface area contributed by atoms with Gasteiger partial charge in [-0.25, -0.2) is 9.69 Å². The average molecular weight is 349 g/mol. The van der Waals surface area contributed by atoms with Crippen LogP contribution in [0.3, 0.4) is 0 Å². The lowest BCUT2D eigenvalue weighted by molar-refractivity contribution is -0.123. The van der Waals surface area contributed by atoms with Crippen LogP contribution in [0.1, 0.15) is 17.0 Å². The maximum atomic E-state index is 12.9. The molecule has 2 heterocycles. The summed E-state index contributed by atoms with van der Waals surface area (Å²) in [6.45, 7) is 0. The summed E-state index contributed by atoms with van der Waals surface area (Å²) in [6, 6.07) is 9.56. The lowest BCUT2D eigenvalue weighted by Gasteiger charge is -2.17. The van der Waals surface area contributed by atoms with Crippen LogP contribution in [0, 0.1) is 23.7 Å². The van der Waals surface area contributed by atoms with E-state index in [4.69, 9.17) is 9.15 Å². The second-order valence-corrected chi connectivity index (χ2v) is 6.88. The summed E-state index contributed by atoms with van der Waals surface area (Å²) in [5.41, 5.74) is 0.429. The smallest absolute Gasteiger partial charge is 0.379 e. The Morgan fingerprint density at radius 2 is 1.77 bits per heavy atom. The van der Waals surface area contributed by atoms with Gasteiger partial charge in [-0.05, 0) is 42.5 Å². The summed E-state index contributed by atoms with van der Waals surface area (Å²) in [5.74, 6) is -0.817. The third-order valence-corrected chi connectivity index (χ3v) is 5.48. The van der Waals surface area contributed by atoms with Gasteiger partial charge in [0.1, 0.15) is 5.75 Å².